The Morgan fingerprint density at radius 2 is 1.88 bits per heavy atom. The van der Waals surface area contributed by atoms with Crippen molar-refractivity contribution in [3.8, 4) is 17.2 Å². The second-order valence-electron chi connectivity index (χ2n) is 6.33. The molecule has 0 heterocycles. The number of carbonyl (C=O) groups is 1. The molecular formula is C21H27NO4. The van der Waals surface area contributed by atoms with Crippen molar-refractivity contribution in [2.75, 3.05) is 20.3 Å². The van der Waals surface area contributed by atoms with Crippen molar-refractivity contribution < 1.29 is 19.0 Å². The van der Waals surface area contributed by atoms with Gasteiger partial charge in [0.15, 0.2) is 11.5 Å². The van der Waals surface area contributed by atoms with E-state index in [-0.39, 0.29) is 5.91 Å². The average Bonchev–Trinajstić information content (AvgIpc) is 2.65. The molecule has 1 N–H and O–H groups in total. The third kappa shape index (κ3) is 5.69. The second kappa shape index (κ2) is 9.70. The minimum atomic E-state index is -0.146. The first kappa shape index (κ1) is 19.6. The quantitative estimate of drug-likeness (QED) is 0.735. The summed E-state index contributed by atoms with van der Waals surface area (Å²) in [6.07, 6.45) is 0. The summed E-state index contributed by atoms with van der Waals surface area (Å²) in [5.74, 6) is 2.34. The first-order chi connectivity index (χ1) is 12.5. The lowest BCUT2D eigenvalue weighted by Gasteiger charge is -2.12. The van der Waals surface area contributed by atoms with Gasteiger partial charge in [0.25, 0.3) is 5.91 Å². The minimum absolute atomic E-state index is 0.146. The van der Waals surface area contributed by atoms with Crippen molar-refractivity contribution in [1.82, 2.24) is 5.32 Å². The molecular weight excluding hydrogens is 330 g/mol. The molecule has 0 bridgehead atoms. The molecule has 0 atom stereocenters. The Bertz CT molecular complexity index is 728. The molecule has 2 aromatic rings. The van der Waals surface area contributed by atoms with Crippen LogP contribution in [0, 0.1) is 5.92 Å². The van der Waals surface area contributed by atoms with Gasteiger partial charge < -0.3 is 19.5 Å². The molecule has 140 valence electrons. The topological polar surface area (TPSA) is 56.8 Å². The van der Waals surface area contributed by atoms with Crippen LogP contribution >= 0.6 is 0 Å². The fourth-order valence-corrected chi connectivity index (χ4v) is 2.37. The lowest BCUT2D eigenvalue weighted by atomic mass is 10.1. The summed E-state index contributed by atoms with van der Waals surface area (Å²) in [5, 5.41) is 2.92. The number of amides is 1. The summed E-state index contributed by atoms with van der Waals surface area (Å²) < 4.78 is 16.5. The zero-order chi connectivity index (χ0) is 18.9. The first-order valence-corrected chi connectivity index (χ1v) is 8.84. The van der Waals surface area contributed by atoms with Crippen molar-refractivity contribution in [3.05, 3.63) is 53.6 Å². The van der Waals surface area contributed by atoms with E-state index < -0.39 is 0 Å². The number of hydrogen-bond donors (Lipinski definition) is 1. The van der Waals surface area contributed by atoms with Gasteiger partial charge in [-0.3, -0.25) is 4.79 Å². The van der Waals surface area contributed by atoms with Gasteiger partial charge in [-0.05, 0) is 48.7 Å². The zero-order valence-corrected chi connectivity index (χ0v) is 15.9. The van der Waals surface area contributed by atoms with Crippen molar-refractivity contribution in [2.45, 2.75) is 27.3 Å². The largest absolute Gasteiger partial charge is 0.493 e. The molecule has 0 aliphatic carbocycles. The number of rotatable bonds is 9. The van der Waals surface area contributed by atoms with Crippen LogP contribution in [-0.2, 0) is 6.54 Å². The molecule has 0 aromatic heterocycles. The average molecular weight is 357 g/mol. The van der Waals surface area contributed by atoms with E-state index in [4.69, 9.17) is 14.2 Å². The van der Waals surface area contributed by atoms with Gasteiger partial charge in [-0.2, -0.15) is 0 Å². The summed E-state index contributed by atoms with van der Waals surface area (Å²) in [5.41, 5.74) is 1.51. The lowest BCUT2D eigenvalue weighted by molar-refractivity contribution is 0.0950. The van der Waals surface area contributed by atoms with Crippen LogP contribution < -0.4 is 19.5 Å². The van der Waals surface area contributed by atoms with Crippen LogP contribution in [0.15, 0.2) is 42.5 Å². The molecule has 0 unspecified atom stereocenters. The highest BCUT2D eigenvalue weighted by molar-refractivity contribution is 5.94. The maximum atomic E-state index is 12.4. The monoisotopic (exact) mass is 357 g/mol. The maximum Gasteiger partial charge on any atom is 0.251 e. The summed E-state index contributed by atoms with van der Waals surface area (Å²) in [4.78, 5) is 12.4. The molecule has 0 aliphatic heterocycles. The number of benzene rings is 2. The first-order valence-electron chi connectivity index (χ1n) is 8.84. The Morgan fingerprint density at radius 1 is 1.08 bits per heavy atom. The highest BCUT2D eigenvalue weighted by atomic mass is 16.5. The number of carbonyl (C=O) groups excluding carboxylic acids is 1. The van der Waals surface area contributed by atoms with Crippen molar-refractivity contribution in [3.63, 3.8) is 0 Å². The minimum Gasteiger partial charge on any atom is -0.493 e. The van der Waals surface area contributed by atoms with E-state index >= 15 is 0 Å². The van der Waals surface area contributed by atoms with Gasteiger partial charge in [0.2, 0.25) is 0 Å². The normalized spacial score (nSPS) is 10.5. The van der Waals surface area contributed by atoms with E-state index in [1.165, 1.54) is 0 Å². The Labute approximate surface area is 155 Å². The summed E-state index contributed by atoms with van der Waals surface area (Å²) >= 11 is 0. The van der Waals surface area contributed by atoms with Gasteiger partial charge in [-0.25, -0.2) is 0 Å². The fourth-order valence-electron chi connectivity index (χ4n) is 2.37. The van der Waals surface area contributed by atoms with E-state index in [2.05, 4.69) is 19.2 Å². The maximum absolute atomic E-state index is 12.4. The van der Waals surface area contributed by atoms with Crippen LogP contribution in [0.1, 0.15) is 36.7 Å². The van der Waals surface area contributed by atoms with Crippen LogP contribution in [0.3, 0.4) is 0 Å². The van der Waals surface area contributed by atoms with E-state index in [9.17, 15) is 4.79 Å². The van der Waals surface area contributed by atoms with E-state index in [0.717, 1.165) is 5.56 Å². The predicted molar refractivity (Wildman–Crippen MR) is 102 cm³/mol. The van der Waals surface area contributed by atoms with Gasteiger partial charge in [-0.15, -0.1) is 0 Å². The third-order valence-electron chi connectivity index (χ3n) is 3.66. The summed E-state index contributed by atoms with van der Waals surface area (Å²) in [7, 11) is 1.60. The van der Waals surface area contributed by atoms with Crippen molar-refractivity contribution in [1.29, 1.82) is 0 Å². The van der Waals surface area contributed by atoms with Crippen molar-refractivity contribution in [2.24, 2.45) is 5.92 Å². The van der Waals surface area contributed by atoms with Crippen LogP contribution in [0.25, 0.3) is 0 Å². The van der Waals surface area contributed by atoms with E-state index in [0.29, 0.717) is 48.5 Å². The number of hydrogen-bond acceptors (Lipinski definition) is 4. The van der Waals surface area contributed by atoms with Crippen LogP contribution in [0.4, 0.5) is 0 Å². The Kier molecular flexibility index (Phi) is 7.33. The fraction of sp³-hybridized carbons (Fsp3) is 0.381. The second-order valence-corrected chi connectivity index (χ2v) is 6.33. The van der Waals surface area contributed by atoms with Gasteiger partial charge >= 0.3 is 0 Å². The molecule has 0 saturated heterocycles. The molecule has 0 fully saturated rings. The molecule has 2 rings (SSSR count). The van der Waals surface area contributed by atoms with Gasteiger partial charge in [-0.1, -0.05) is 26.0 Å². The molecule has 26 heavy (non-hydrogen) atoms. The number of ether oxygens (including phenoxy) is 3. The van der Waals surface area contributed by atoms with Crippen molar-refractivity contribution >= 4 is 5.91 Å². The van der Waals surface area contributed by atoms with E-state index in [1.54, 1.807) is 19.2 Å². The predicted octanol–water partition coefficient (Wildman–Crippen LogP) is 4.06. The standard InChI is InChI=1S/C21H27NO4/c1-5-25-19-10-9-16(11-20(19)24-4)13-22-21(23)17-7-6-8-18(12-17)26-14-15(2)3/h6-12,15H,5,13-14H2,1-4H3,(H,22,23). The Balaban J connectivity index is 1.99. The third-order valence-corrected chi connectivity index (χ3v) is 3.66. The number of nitrogens with one attached hydrogen (secondary N) is 1. The zero-order valence-electron chi connectivity index (χ0n) is 15.9. The van der Waals surface area contributed by atoms with Crippen LogP contribution in [-0.4, -0.2) is 26.2 Å². The SMILES string of the molecule is CCOc1ccc(CNC(=O)c2cccc(OCC(C)C)c2)cc1OC. The molecule has 0 spiro atoms. The highest BCUT2D eigenvalue weighted by Crippen LogP contribution is 2.28. The smallest absolute Gasteiger partial charge is 0.251 e. The molecule has 2 aromatic carbocycles. The summed E-state index contributed by atoms with van der Waals surface area (Å²) in [6.45, 7) is 7.69. The van der Waals surface area contributed by atoms with Crippen LogP contribution in [0.5, 0.6) is 17.2 Å². The molecule has 1 amide bonds. The van der Waals surface area contributed by atoms with Gasteiger partial charge in [0, 0.05) is 12.1 Å². The molecule has 0 radical (unpaired) electrons. The highest BCUT2D eigenvalue weighted by Gasteiger charge is 2.09. The Morgan fingerprint density at radius 3 is 2.58 bits per heavy atom. The van der Waals surface area contributed by atoms with Gasteiger partial charge in [0.1, 0.15) is 5.75 Å². The lowest BCUT2D eigenvalue weighted by Crippen LogP contribution is -2.22. The molecule has 5 nitrogen and oxygen atoms in total. The Hall–Kier alpha value is -2.69. The van der Waals surface area contributed by atoms with Gasteiger partial charge in [0.05, 0.1) is 20.3 Å². The summed E-state index contributed by atoms with van der Waals surface area (Å²) in [6, 6.07) is 12.8. The molecule has 0 saturated carbocycles. The van der Waals surface area contributed by atoms with Crippen LogP contribution in [0.2, 0.25) is 0 Å². The molecule has 0 aliphatic rings. The number of methoxy groups -OCH3 is 1. The molecule has 5 heteroatoms. The van der Waals surface area contributed by atoms with E-state index in [1.807, 2.05) is 37.3 Å².